The van der Waals surface area contributed by atoms with Crippen molar-refractivity contribution in [3.05, 3.63) is 0 Å². The van der Waals surface area contributed by atoms with Gasteiger partial charge in [0, 0.05) is 24.9 Å². The monoisotopic (exact) mass is 336 g/mol. The smallest absolute Gasteiger partial charge is 0.548 e. The number of aliphatic carboxylic acids is 2. The molecule has 0 radical (unpaired) electrons. The van der Waals surface area contributed by atoms with E-state index in [1.165, 1.54) is 0 Å². The molecule has 0 rings (SSSR count). The zero-order chi connectivity index (χ0) is 16.3. The number of rotatable bonds is 8. The molecule has 0 saturated heterocycles. The summed E-state index contributed by atoms with van der Waals surface area (Å²) in [5.74, 6) is -3.84. The molecule has 0 aliphatic carbocycles. The molecule has 0 bridgehead atoms. The van der Waals surface area contributed by atoms with Crippen LogP contribution in [-0.2, 0) is 19.2 Å². The van der Waals surface area contributed by atoms with Crippen molar-refractivity contribution in [1.82, 2.24) is 0 Å². The third-order valence-corrected chi connectivity index (χ3v) is 2.01. The summed E-state index contributed by atoms with van der Waals surface area (Å²) in [7, 11) is 0. The Bertz CT molecular complexity index is 335. The van der Waals surface area contributed by atoms with Gasteiger partial charge in [0.1, 0.15) is 0 Å². The number of carboxylic acids is 2. The van der Waals surface area contributed by atoms with Gasteiger partial charge in [-0.15, -0.1) is 0 Å². The van der Waals surface area contributed by atoms with E-state index in [0.717, 1.165) is 0 Å². The maximum Gasteiger partial charge on any atom is 1.00 e. The Hall–Kier alpha value is -0.200. The van der Waals surface area contributed by atoms with Crippen LogP contribution in [0.5, 0.6) is 0 Å². The van der Waals surface area contributed by atoms with E-state index < -0.39 is 35.8 Å². The van der Waals surface area contributed by atoms with Gasteiger partial charge in [-0.3, -0.25) is 9.59 Å². The van der Waals surface area contributed by atoms with Crippen molar-refractivity contribution in [3.63, 3.8) is 0 Å². The number of carbonyl (C=O) groups is 4. The van der Waals surface area contributed by atoms with E-state index >= 15 is 0 Å². The van der Waals surface area contributed by atoms with E-state index in [0.29, 0.717) is 0 Å². The van der Waals surface area contributed by atoms with Gasteiger partial charge in [0.25, 0.3) is 0 Å². The van der Waals surface area contributed by atoms with E-state index in [9.17, 15) is 29.4 Å². The predicted octanol–water partition coefficient (Wildman–Crippen LogP) is -11.3. The molecule has 0 aliphatic heterocycles. The van der Waals surface area contributed by atoms with Crippen LogP contribution < -0.4 is 92.3 Å². The molecule has 0 fully saturated rings. The van der Waals surface area contributed by atoms with Crippen LogP contribution in [0.1, 0.15) is 25.7 Å². The van der Waals surface area contributed by atoms with E-state index in [4.69, 9.17) is 22.9 Å². The summed E-state index contributed by atoms with van der Waals surface area (Å²) in [6.07, 6.45) is 0.0413. The second-order valence-electron chi connectivity index (χ2n) is 3.86. The summed E-state index contributed by atoms with van der Waals surface area (Å²) in [5.41, 5.74) is 19.5. The Balaban J connectivity index is -0.000000135. The molecule has 8 N–H and O–H groups in total. The van der Waals surface area contributed by atoms with E-state index in [2.05, 4.69) is 0 Å². The number of hydrogen-bond donors (Lipinski definition) is 4. The van der Waals surface area contributed by atoms with Gasteiger partial charge in [0.15, 0.2) is 0 Å². The molecule has 116 valence electrons. The molecule has 0 saturated carbocycles. The van der Waals surface area contributed by atoms with E-state index in [-0.39, 0.29) is 84.8 Å². The van der Waals surface area contributed by atoms with Crippen LogP contribution in [0.4, 0.5) is 0 Å². The standard InChI is InChI=1S/2C5H10N2O3.2Na/c2*6-3(5(9)10)1-2-4(7)8;;/h2*3H,1-2,6H2,(H2,7,8)(H,9,10);;/q;;2*+1/p-2/t2*3-;;/m00../s1. The average molecular weight is 336 g/mol. The predicted molar refractivity (Wildman–Crippen MR) is 62.8 cm³/mol. The van der Waals surface area contributed by atoms with Crippen LogP contribution in [0, 0.1) is 0 Å². The van der Waals surface area contributed by atoms with Crippen molar-refractivity contribution in [1.29, 1.82) is 0 Å². The van der Waals surface area contributed by atoms with Gasteiger partial charge >= 0.3 is 59.1 Å². The molecule has 0 spiro atoms. The zero-order valence-corrected chi connectivity index (χ0v) is 16.7. The van der Waals surface area contributed by atoms with Gasteiger partial charge < -0.3 is 42.7 Å². The quantitative estimate of drug-likeness (QED) is 0.311. The molecule has 0 aromatic rings. The van der Waals surface area contributed by atoms with Crippen molar-refractivity contribution < 1.29 is 88.5 Å². The second kappa shape index (κ2) is 17.2. The average Bonchev–Trinajstić information content (AvgIpc) is 2.33. The number of primary amides is 2. The fourth-order valence-corrected chi connectivity index (χ4v) is 0.831. The third-order valence-electron chi connectivity index (χ3n) is 2.01. The molecule has 12 heteroatoms. The fourth-order valence-electron chi connectivity index (χ4n) is 0.831. The van der Waals surface area contributed by atoms with Gasteiger partial charge in [0.05, 0.1) is 11.9 Å². The molecule has 0 heterocycles. The van der Waals surface area contributed by atoms with Crippen LogP contribution in [0.25, 0.3) is 0 Å². The van der Waals surface area contributed by atoms with Gasteiger partial charge in [-0.25, -0.2) is 0 Å². The van der Waals surface area contributed by atoms with E-state index in [1.807, 2.05) is 0 Å². The first kappa shape index (κ1) is 29.8. The molecule has 0 aromatic carbocycles. The maximum absolute atomic E-state index is 10.1. The van der Waals surface area contributed by atoms with Gasteiger partial charge in [0.2, 0.25) is 11.8 Å². The fraction of sp³-hybridized carbons (Fsp3) is 0.600. The summed E-state index contributed by atoms with van der Waals surface area (Å²) in [5, 5.41) is 19.8. The summed E-state index contributed by atoms with van der Waals surface area (Å²) in [4.78, 5) is 40.0. The minimum Gasteiger partial charge on any atom is -0.548 e. The molecule has 0 unspecified atom stereocenters. The van der Waals surface area contributed by atoms with Gasteiger partial charge in [-0.1, -0.05) is 0 Å². The van der Waals surface area contributed by atoms with E-state index in [1.54, 1.807) is 0 Å². The van der Waals surface area contributed by atoms with Crippen LogP contribution in [0.2, 0.25) is 0 Å². The molecular formula is C10H18N4Na2O6. The van der Waals surface area contributed by atoms with Gasteiger partial charge in [-0.05, 0) is 12.8 Å². The van der Waals surface area contributed by atoms with Crippen molar-refractivity contribution >= 4 is 23.8 Å². The van der Waals surface area contributed by atoms with Crippen LogP contribution in [-0.4, -0.2) is 35.8 Å². The Morgan fingerprint density at radius 2 is 0.955 bits per heavy atom. The number of carbonyl (C=O) groups excluding carboxylic acids is 4. The first-order valence-electron chi connectivity index (χ1n) is 5.57. The normalized spacial score (nSPS) is 11.4. The molecule has 10 nitrogen and oxygen atoms in total. The summed E-state index contributed by atoms with van der Waals surface area (Å²) in [6, 6.07) is -2.18. The summed E-state index contributed by atoms with van der Waals surface area (Å²) in [6.45, 7) is 0. The number of hydrogen-bond acceptors (Lipinski definition) is 8. The van der Waals surface area contributed by atoms with Crippen LogP contribution in [0.15, 0.2) is 0 Å². The zero-order valence-electron chi connectivity index (χ0n) is 12.7. The summed E-state index contributed by atoms with van der Waals surface area (Å²) >= 11 is 0. The third kappa shape index (κ3) is 22.1. The van der Waals surface area contributed by atoms with Crippen molar-refractivity contribution in [3.8, 4) is 0 Å². The molecule has 2 atom stereocenters. The maximum atomic E-state index is 10.1. The Kier molecular flexibility index (Phi) is 23.2. The molecule has 0 aromatic heterocycles. The largest absolute Gasteiger partial charge is 1.00 e. The minimum absolute atomic E-state index is 0. The topological polar surface area (TPSA) is 218 Å². The summed E-state index contributed by atoms with van der Waals surface area (Å²) < 4.78 is 0. The van der Waals surface area contributed by atoms with Crippen molar-refractivity contribution in [2.45, 2.75) is 37.8 Å². The van der Waals surface area contributed by atoms with Crippen molar-refractivity contribution in [2.75, 3.05) is 0 Å². The van der Waals surface area contributed by atoms with Crippen molar-refractivity contribution in [2.24, 2.45) is 22.9 Å². The Labute approximate surface area is 171 Å². The van der Waals surface area contributed by atoms with Crippen LogP contribution in [0.3, 0.4) is 0 Å². The molecular weight excluding hydrogens is 318 g/mol. The molecule has 22 heavy (non-hydrogen) atoms. The van der Waals surface area contributed by atoms with Gasteiger partial charge in [-0.2, -0.15) is 0 Å². The van der Waals surface area contributed by atoms with Crippen LogP contribution >= 0.6 is 0 Å². The number of nitrogens with two attached hydrogens (primary N) is 4. The number of amides is 2. The first-order chi connectivity index (χ1) is 9.07. The second-order valence-corrected chi connectivity index (χ2v) is 3.86. The Morgan fingerprint density at radius 3 is 1.09 bits per heavy atom. The number of carboxylic acid groups (broad SMARTS) is 2. The molecule has 0 aliphatic rings. The first-order valence-corrected chi connectivity index (χ1v) is 5.57. The molecule has 2 amide bonds. The minimum atomic E-state index is -1.36. The SMILES string of the molecule is NC(=O)CC[C@H](N)C(=O)[O-].NC(=O)CC[C@H](N)C(=O)[O-].[Na+].[Na+]. The Morgan fingerprint density at radius 1 is 0.727 bits per heavy atom.